The Morgan fingerprint density at radius 3 is 1.52 bits per heavy atom. The van der Waals surface area contributed by atoms with E-state index >= 15 is 0 Å². The van der Waals surface area contributed by atoms with E-state index in [1.807, 2.05) is 12.1 Å². The molecule has 2 aromatic carbocycles. The van der Waals surface area contributed by atoms with Crippen molar-refractivity contribution in [1.29, 1.82) is 0 Å². The smallest absolute Gasteiger partial charge is 0.253 e. The van der Waals surface area contributed by atoms with Gasteiger partial charge in [-0.25, -0.2) is 0 Å². The minimum absolute atomic E-state index is 0.0000532. The van der Waals surface area contributed by atoms with Crippen molar-refractivity contribution in [1.82, 2.24) is 4.90 Å². The normalized spacial score (nSPS) is 11.1. The first kappa shape index (κ1) is 18.3. The van der Waals surface area contributed by atoms with Gasteiger partial charge in [-0.1, -0.05) is 48.5 Å². The fraction of sp³-hybridized carbons (Fsp3) is 0.190. The molecule has 0 atom stereocenters. The van der Waals surface area contributed by atoms with E-state index in [-0.39, 0.29) is 17.5 Å². The molecule has 2 rings (SSSR count). The summed E-state index contributed by atoms with van der Waals surface area (Å²) in [6, 6.07) is 14.1. The molecule has 4 heteroatoms. The standard InChI is InChI=1S/C21H21NO3/c1-14(23)17-7-5-16(6-8-17)13-20(21(25)22(3)4)19-11-9-18(10-12-19)15(2)24/h5-13H,1-4H3/b20-13+. The molecule has 0 radical (unpaired) electrons. The highest BCUT2D eigenvalue weighted by Gasteiger charge is 2.15. The molecule has 4 nitrogen and oxygen atoms in total. The summed E-state index contributed by atoms with van der Waals surface area (Å²) in [6.45, 7) is 3.02. The van der Waals surface area contributed by atoms with E-state index in [1.165, 1.54) is 18.7 Å². The fourth-order valence-corrected chi connectivity index (χ4v) is 2.37. The Hall–Kier alpha value is -3.01. The van der Waals surface area contributed by atoms with Gasteiger partial charge in [0.2, 0.25) is 0 Å². The van der Waals surface area contributed by atoms with E-state index in [4.69, 9.17) is 0 Å². The summed E-state index contributed by atoms with van der Waals surface area (Å²) in [7, 11) is 3.39. The van der Waals surface area contributed by atoms with E-state index in [0.717, 1.165) is 11.1 Å². The van der Waals surface area contributed by atoms with Gasteiger partial charge in [-0.3, -0.25) is 14.4 Å². The molecule has 0 aliphatic carbocycles. The van der Waals surface area contributed by atoms with Gasteiger partial charge in [-0.15, -0.1) is 0 Å². The minimum atomic E-state index is -0.133. The second-order valence-corrected chi connectivity index (χ2v) is 6.07. The van der Waals surface area contributed by atoms with Crippen molar-refractivity contribution in [3.63, 3.8) is 0 Å². The average molecular weight is 335 g/mol. The molecule has 0 saturated heterocycles. The molecule has 128 valence electrons. The van der Waals surface area contributed by atoms with Crippen molar-refractivity contribution in [2.75, 3.05) is 14.1 Å². The van der Waals surface area contributed by atoms with Crippen LogP contribution in [0.15, 0.2) is 48.5 Å². The van der Waals surface area contributed by atoms with Crippen LogP contribution in [0, 0.1) is 0 Å². The molecule has 0 aliphatic rings. The zero-order valence-corrected chi connectivity index (χ0v) is 14.9. The van der Waals surface area contributed by atoms with Gasteiger partial charge in [0.15, 0.2) is 11.6 Å². The molecular weight excluding hydrogens is 314 g/mol. The number of ketones is 2. The summed E-state index contributed by atoms with van der Waals surface area (Å²) in [5.74, 6) is -0.151. The maximum Gasteiger partial charge on any atom is 0.253 e. The van der Waals surface area contributed by atoms with Crippen LogP contribution in [0.5, 0.6) is 0 Å². The van der Waals surface area contributed by atoms with Crippen molar-refractivity contribution in [2.45, 2.75) is 13.8 Å². The first-order valence-electron chi connectivity index (χ1n) is 7.95. The van der Waals surface area contributed by atoms with Crippen LogP contribution < -0.4 is 0 Å². The number of carbonyl (C=O) groups excluding carboxylic acids is 3. The van der Waals surface area contributed by atoms with Gasteiger partial charge in [0, 0.05) is 30.8 Å². The molecule has 2 aromatic rings. The van der Waals surface area contributed by atoms with Crippen LogP contribution in [0.2, 0.25) is 0 Å². The molecule has 25 heavy (non-hydrogen) atoms. The minimum Gasteiger partial charge on any atom is -0.345 e. The molecule has 0 aromatic heterocycles. The van der Waals surface area contributed by atoms with Gasteiger partial charge in [0.1, 0.15) is 0 Å². The van der Waals surface area contributed by atoms with Gasteiger partial charge in [-0.05, 0) is 31.1 Å². The Morgan fingerprint density at radius 1 is 0.720 bits per heavy atom. The number of likely N-dealkylation sites (N-methyl/N-ethyl adjacent to an activating group) is 1. The zero-order valence-electron chi connectivity index (χ0n) is 14.9. The second kappa shape index (κ2) is 7.71. The maximum absolute atomic E-state index is 12.6. The Balaban J connectivity index is 2.46. The van der Waals surface area contributed by atoms with Crippen molar-refractivity contribution in [3.8, 4) is 0 Å². The van der Waals surface area contributed by atoms with E-state index in [2.05, 4.69) is 0 Å². The van der Waals surface area contributed by atoms with Crippen LogP contribution in [0.3, 0.4) is 0 Å². The molecule has 0 aliphatic heterocycles. The Bertz CT molecular complexity index is 828. The monoisotopic (exact) mass is 335 g/mol. The molecule has 0 spiro atoms. The fourth-order valence-electron chi connectivity index (χ4n) is 2.37. The van der Waals surface area contributed by atoms with E-state index in [0.29, 0.717) is 16.7 Å². The van der Waals surface area contributed by atoms with E-state index in [9.17, 15) is 14.4 Å². The number of Topliss-reactive ketones (excluding diaryl/α,β-unsaturated/α-hetero) is 2. The summed E-state index contributed by atoms with van der Waals surface area (Å²) in [4.78, 5) is 36.9. The third-order valence-corrected chi connectivity index (χ3v) is 3.87. The number of rotatable bonds is 5. The van der Waals surface area contributed by atoms with Crippen LogP contribution in [0.4, 0.5) is 0 Å². The number of hydrogen-bond donors (Lipinski definition) is 0. The maximum atomic E-state index is 12.6. The van der Waals surface area contributed by atoms with Crippen LogP contribution >= 0.6 is 0 Å². The lowest BCUT2D eigenvalue weighted by Gasteiger charge is -2.14. The van der Waals surface area contributed by atoms with Gasteiger partial charge in [0.05, 0.1) is 0 Å². The molecule has 0 heterocycles. The second-order valence-electron chi connectivity index (χ2n) is 6.07. The Labute approximate surface area is 147 Å². The predicted molar refractivity (Wildman–Crippen MR) is 99.5 cm³/mol. The van der Waals surface area contributed by atoms with Crippen molar-refractivity contribution in [2.24, 2.45) is 0 Å². The number of nitrogens with zero attached hydrogens (tertiary/aromatic N) is 1. The van der Waals surface area contributed by atoms with Gasteiger partial charge >= 0.3 is 0 Å². The molecule has 0 N–H and O–H groups in total. The summed E-state index contributed by atoms with van der Waals surface area (Å²) >= 11 is 0. The van der Waals surface area contributed by atoms with Crippen molar-refractivity contribution < 1.29 is 14.4 Å². The number of carbonyl (C=O) groups is 3. The molecular formula is C21H21NO3. The first-order chi connectivity index (χ1) is 11.8. The van der Waals surface area contributed by atoms with Crippen LogP contribution in [0.1, 0.15) is 45.7 Å². The van der Waals surface area contributed by atoms with Crippen molar-refractivity contribution in [3.05, 3.63) is 70.8 Å². The molecule has 0 saturated carbocycles. The third-order valence-electron chi connectivity index (χ3n) is 3.87. The lowest BCUT2D eigenvalue weighted by atomic mass is 9.99. The lowest BCUT2D eigenvalue weighted by molar-refractivity contribution is -0.122. The highest BCUT2D eigenvalue weighted by atomic mass is 16.2. The summed E-state index contributed by atoms with van der Waals surface area (Å²) in [5.41, 5.74) is 3.32. The van der Waals surface area contributed by atoms with E-state index in [1.54, 1.807) is 56.6 Å². The predicted octanol–water partition coefficient (Wildman–Crippen LogP) is 3.72. The first-order valence-corrected chi connectivity index (χ1v) is 7.95. The molecule has 0 bridgehead atoms. The number of benzene rings is 2. The average Bonchev–Trinajstić information content (AvgIpc) is 2.59. The highest BCUT2D eigenvalue weighted by Crippen LogP contribution is 2.21. The molecule has 0 fully saturated rings. The summed E-state index contributed by atoms with van der Waals surface area (Å²) < 4.78 is 0. The van der Waals surface area contributed by atoms with Crippen molar-refractivity contribution >= 4 is 29.1 Å². The van der Waals surface area contributed by atoms with Gasteiger partial charge in [-0.2, -0.15) is 0 Å². The zero-order chi connectivity index (χ0) is 18.6. The number of hydrogen-bond acceptors (Lipinski definition) is 3. The quantitative estimate of drug-likeness (QED) is 0.475. The topological polar surface area (TPSA) is 54.5 Å². The largest absolute Gasteiger partial charge is 0.345 e. The van der Waals surface area contributed by atoms with Crippen LogP contribution in [-0.4, -0.2) is 36.5 Å². The third kappa shape index (κ3) is 4.51. The van der Waals surface area contributed by atoms with E-state index < -0.39 is 0 Å². The Kier molecular flexibility index (Phi) is 5.65. The summed E-state index contributed by atoms with van der Waals surface area (Å²) in [6.07, 6.45) is 1.79. The highest BCUT2D eigenvalue weighted by molar-refractivity contribution is 6.24. The van der Waals surface area contributed by atoms with Gasteiger partial charge in [0.25, 0.3) is 5.91 Å². The Morgan fingerprint density at radius 2 is 1.12 bits per heavy atom. The van der Waals surface area contributed by atoms with Crippen LogP contribution in [-0.2, 0) is 4.79 Å². The SMILES string of the molecule is CC(=O)c1ccc(/C=C(/C(=O)N(C)C)c2ccc(C(C)=O)cc2)cc1. The van der Waals surface area contributed by atoms with Crippen LogP contribution in [0.25, 0.3) is 11.6 Å². The summed E-state index contributed by atoms with van der Waals surface area (Å²) in [5, 5.41) is 0. The number of amides is 1. The molecule has 1 amide bonds. The molecule has 0 unspecified atom stereocenters. The lowest BCUT2D eigenvalue weighted by Crippen LogP contribution is -2.22. The van der Waals surface area contributed by atoms with Gasteiger partial charge < -0.3 is 4.90 Å².